The minimum absolute atomic E-state index is 0.0450. The number of benzene rings is 1. The van der Waals surface area contributed by atoms with Gasteiger partial charge >= 0.3 is 0 Å². The van der Waals surface area contributed by atoms with Crippen molar-refractivity contribution in [2.75, 3.05) is 7.11 Å². The maximum absolute atomic E-state index is 12.3. The van der Waals surface area contributed by atoms with Gasteiger partial charge in [-0.15, -0.1) is 0 Å². The molecule has 0 aromatic heterocycles. The van der Waals surface area contributed by atoms with Gasteiger partial charge in [-0.25, -0.2) is 0 Å². The summed E-state index contributed by atoms with van der Waals surface area (Å²) >= 11 is 0. The molecule has 1 fully saturated rings. The van der Waals surface area contributed by atoms with Gasteiger partial charge in [0.15, 0.2) is 0 Å². The highest BCUT2D eigenvalue weighted by Crippen LogP contribution is 2.41. The van der Waals surface area contributed by atoms with E-state index in [0.29, 0.717) is 18.3 Å². The van der Waals surface area contributed by atoms with Gasteiger partial charge in [0.25, 0.3) is 0 Å². The van der Waals surface area contributed by atoms with E-state index < -0.39 is 6.04 Å². The van der Waals surface area contributed by atoms with Gasteiger partial charge in [-0.1, -0.05) is 26.0 Å². The lowest BCUT2D eigenvalue weighted by molar-refractivity contribution is -0.123. The summed E-state index contributed by atoms with van der Waals surface area (Å²) in [7, 11) is 1.65. The van der Waals surface area contributed by atoms with E-state index in [4.69, 9.17) is 10.5 Å². The summed E-state index contributed by atoms with van der Waals surface area (Å²) in [6.07, 6.45) is 3.04. The quantitative estimate of drug-likeness (QED) is 0.811. The van der Waals surface area contributed by atoms with Crippen molar-refractivity contribution in [1.82, 2.24) is 5.32 Å². The number of hydrogen-bond acceptors (Lipinski definition) is 3. The van der Waals surface area contributed by atoms with Crippen molar-refractivity contribution in [2.24, 2.45) is 17.6 Å². The van der Waals surface area contributed by atoms with E-state index in [-0.39, 0.29) is 11.9 Å². The second-order valence-electron chi connectivity index (χ2n) is 6.33. The molecule has 1 saturated carbocycles. The molecule has 0 bridgehead atoms. The Balaban J connectivity index is 2.03. The molecule has 1 aromatic rings. The van der Waals surface area contributed by atoms with Crippen molar-refractivity contribution in [3.63, 3.8) is 0 Å². The highest BCUT2D eigenvalue weighted by molar-refractivity contribution is 5.82. The third-order valence-corrected chi connectivity index (χ3v) is 3.93. The van der Waals surface area contributed by atoms with Crippen molar-refractivity contribution in [2.45, 2.75) is 45.2 Å². The molecule has 0 radical (unpaired) electrons. The van der Waals surface area contributed by atoms with Gasteiger partial charge in [0, 0.05) is 0 Å². The second kappa shape index (κ2) is 6.94. The van der Waals surface area contributed by atoms with Gasteiger partial charge in [0.05, 0.1) is 19.2 Å². The first kappa shape index (κ1) is 15.8. The Labute approximate surface area is 127 Å². The lowest BCUT2D eigenvalue weighted by atomic mass is 10.00. The lowest BCUT2D eigenvalue weighted by Crippen LogP contribution is -2.43. The Morgan fingerprint density at radius 3 is 2.43 bits per heavy atom. The van der Waals surface area contributed by atoms with Crippen LogP contribution >= 0.6 is 0 Å². The summed E-state index contributed by atoms with van der Waals surface area (Å²) in [5.41, 5.74) is 7.11. The molecular formula is C17H26N2O2. The molecule has 1 aliphatic rings. The number of methoxy groups -OCH3 is 1. The summed E-state index contributed by atoms with van der Waals surface area (Å²) in [6, 6.07) is 7.56. The molecular weight excluding hydrogens is 264 g/mol. The topological polar surface area (TPSA) is 64.3 Å². The van der Waals surface area contributed by atoms with Crippen LogP contribution in [0.3, 0.4) is 0 Å². The van der Waals surface area contributed by atoms with Gasteiger partial charge in [0.1, 0.15) is 5.75 Å². The summed E-state index contributed by atoms with van der Waals surface area (Å²) < 4.78 is 5.18. The smallest absolute Gasteiger partial charge is 0.237 e. The fourth-order valence-electron chi connectivity index (χ4n) is 2.59. The van der Waals surface area contributed by atoms with Crippen LogP contribution < -0.4 is 15.8 Å². The van der Waals surface area contributed by atoms with E-state index in [0.717, 1.165) is 24.2 Å². The van der Waals surface area contributed by atoms with Crippen molar-refractivity contribution in [3.8, 4) is 5.75 Å². The number of carbonyl (C=O) groups excluding carboxylic acids is 1. The number of hydrogen-bond donors (Lipinski definition) is 2. The molecule has 1 aromatic carbocycles. The molecule has 1 amide bonds. The minimum atomic E-state index is -0.426. The largest absolute Gasteiger partial charge is 0.497 e. The first-order valence-electron chi connectivity index (χ1n) is 7.71. The van der Waals surface area contributed by atoms with E-state index in [1.807, 2.05) is 24.3 Å². The summed E-state index contributed by atoms with van der Waals surface area (Å²) in [5, 5.41) is 3.13. The number of nitrogens with two attached hydrogens (primary N) is 1. The van der Waals surface area contributed by atoms with Crippen LogP contribution in [0.1, 0.15) is 44.7 Å². The molecule has 4 nitrogen and oxygen atoms in total. The zero-order chi connectivity index (χ0) is 15.4. The van der Waals surface area contributed by atoms with Crippen LogP contribution in [-0.2, 0) is 4.79 Å². The third-order valence-electron chi connectivity index (χ3n) is 3.93. The number of ether oxygens (including phenoxy) is 1. The van der Waals surface area contributed by atoms with Gasteiger partial charge in [0.2, 0.25) is 5.91 Å². The van der Waals surface area contributed by atoms with Crippen molar-refractivity contribution in [1.29, 1.82) is 0 Å². The normalized spacial score (nSPS) is 17.4. The minimum Gasteiger partial charge on any atom is -0.497 e. The van der Waals surface area contributed by atoms with Gasteiger partial charge in [-0.05, 0) is 48.8 Å². The molecule has 1 aliphatic carbocycles. The molecule has 3 N–H and O–H groups in total. The molecule has 1 unspecified atom stereocenters. The standard InChI is InChI=1S/C17H26N2O2/c1-11(2)10-15(18)17(20)19-16(12-4-5-12)13-6-8-14(21-3)9-7-13/h6-9,11-12,15-16H,4-5,10,18H2,1-3H3,(H,19,20)/t15-,16?/m1/s1. The third kappa shape index (κ3) is 4.46. The van der Waals surface area contributed by atoms with Crippen LogP contribution in [0.2, 0.25) is 0 Å². The predicted octanol–water partition coefficient (Wildman–Crippen LogP) is 2.64. The predicted molar refractivity (Wildman–Crippen MR) is 84.0 cm³/mol. The van der Waals surface area contributed by atoms with E-state index in [9.17, 15) is 4.79 Å². The Morgan fingerprint density at radius 2 is 1.95 bits per heavy atom. The highest BCUT2D eigenvalue weighted by Gasteiger charge is 2.34. The van der Waals surface area contributed by atoms with Gasteiger partial charge < -0.3 is 15.8 Å². The molecule has 21 heavy (non-hydrogen) atoms. The Morgan fingerprint density at radius 1 is 1.33 bits per heavy atom. The molecule has 0 saturated heterocycles. The molecule has 116 valence electrons. The van der Waals surface area contributed by atoms with E-state index in [1.54, 1.807) is 7.11 Å². The van der Waals surface area contributed by atoms with E-state index in [2.05, 4.69) is 19.2 Å². The van der Waals surface area contributed by atoms with Crippen LogP contribution in [0.25, 0.3) is 0 Å². The Bertz CT molecular complexity index is 466. The zero-order valence-electron chi connectivity index (χ0n) is 13.1. The summed E-state index contributed by atoms with van der Waals surface area (Å²) in [5.74, 6) is 1.74. The van der Waals surface area contributed by atoms with Gasteiger partial charge in [-0.2, -0.15) is 0 Å². The highest BCUT2D eigenvalue weighted by atomic mass is 16.5. The fraction of sp³-hybridized carbons (Fsp3) is 0.588. The molecule has 4 heteroatoms. The first-order chi connectivity index (χ1) is 10.0. The van der Waals surface area contributed by atoms with Crippen LogP contribution in [0, 0.1) is 11.8 Å². The van der Waals surface area contributed by atoms with Crippen LogP contribution in [-0.4, -0.2) is 19.1 Å². The average molecular weight is 290 g/mol. The van der Waals surface area contributed by atoms with Crippen molar-refractivity contribution >= 4 is 5.91 Å². The molecule has 2 rings (SSSR count). The number of amides is 1. The Kier molecular flexibility index (Phi) is 5.23. The second-order valence-corrected chi connectivity index (χ2v) is 6.33. The van der Waals surface area contributed by atoms with Crippen LogP contribution in [0.15, 0.2) is 24.3 Å². The number of rotatable bonds is 7. The fourth-order valence-corrected chi connectivity index (χ4v) is 2.59. The molecule has 0 aliphatic heterocycles. The maximum atomic E-state index is 12.3. The van der Waals surface area contributed by atoms with Crippen LogP contribution in [0.5, 0.6) is 5.75 Å². The van der Waals surface area contributed by atoms with Gasteiger partial charge in [-0.3, -0.25) is 4.79 Å². The van der Waals surface area contributed by atoms with Crippen molar-refractivity contribution in [3.05, 3.63) is 29.8 Å². The first-order valence-corrected chi connectivity index (χ1v) is 7.71. The molecule has 2 atom stereocenters. The van der Waals surface area contributed by atoms with Crippen LogP contribution in [0.4, 0.5) is 0 Å². The van der Waals surface area contributed by atoms with Crippen molar-refractivity contribution < 1.29 is 9.53 Å². The Hall–Kier alpha value is -1.55. The SMILES string of the molecule is COc1ccc(C(NC(=O)[C@H](N)CC(C)C)C2CC2)cc1. The number of nitrogens with one attached hydrogen (secondary N) is 1. The summed E-state index contributed by atoms with van der Waals surface area (Å²) in [6.45, 7) is 4.16. The number of carbonyl (C=O) groups is 1. The average Bonchev–Trinajstić information content (AvgIpc) is 3.28. The maximum Gasteiger partial charge on any atom is 0.237 e. The lowest BCUT2D eigenvalue weighted by Gasteiger charge is -2.22. The zero-order valence-corrected chi connectivity index (χ0v) is 13.1. The van der Waals surface area contributed by atoms with E-state index >= 15 is 0 Å². The monoisotopic (exact) mass is 290 g/mol. The molecule has 0 spiro atoms. The molecule has 0 heterocycles. The summed E-state index contributed by atoms with van der Waals surface area (Å²) in [4.78, 5) is 12.3. The van der Waals surface area contributed by atoms with E-state index in [1.165, 1.54) is 0 Å².